The maximum atomic E-state index is 11.9. The molecule has 1 N–H and O–H groups in total. The molecule has 1 rings (SSSR count). The van der Waals surface area contributed by atoms with Crippen molar-refractivity contribution in [2.75, 3.05) is 14.2 Å². The van der Waals surface area contributed by atoms with Crippen LogP contribution in [0.4, 0.5) is 0 Å². The first-order chi connectivity index (χ1) is 18.6. The van der Waals surface area contributed by atoms with Crippen LogP contribution in [0.2, 0.25) is 0 Å². The fraction of sp³-hybridized carbons (Fsp3) is 0.667. The largest absolute Gasteiger partial charge is 0.502 e. The molecule has 0 amide bonds. The lowest BCUT2D eigenvalue weighted by Gasteiger charge is -2.09. The van der Waals surface area contributed by atoms with Crippen LogP contribution in [0.15, 0.2) is 30.5 Å². The summed E-state index contributed by atoms with van der Waals surface area (Å²) in [5.41, 5.74) is 0.663. The molecule has 1 aromatic rings. The highest BCUT2D eigenvalue weighted by Gasteiger charge is 2.10. The Kier molecular flexibility index (Phi) is 20.9. The smallest absolute Gasteiger partial charge is 0.335 e. The van der Waals surface area contributed by atoms with Gasteiger partial charge in [-0.05, 0) is 42.7 Å². The Bertz CT molecular complexity index is 759. The van der Waals surface area contributed by atoms with Gasteiger partial charge >= 0.3 is 5.97 Å². The molecular weight excluding hydrogens is 476 g/mol. The molecule has 5 nitrogen and oxygen atoms in total. The maximum absolute atomic E-state index is 11.9. The number of ether oxygens (including phenoxy) is 3. The molecule has 38 heavy (non-hydrogen) atoms. The van der Waals surface area contributed by atoms with E-state index in [1.54, 1.807) is 18.2 Å². The summed E-state index contributed by atoms with van der Waals surface area (Å²) in [6.07, 6.45) is 32.0. The van der Waals surface area contributed by atoms with E-state index >= 15 is 0 Å². The highest BCUT2D eigenvalue weighted by Crippen LogP contribution is 2.37. The standard InChI is InChI=1S/C33H54O5/c1-4-5-6-7-8-9-10-11-12-13-14-15-16-17-18-19-20-21-22-23-26-38-32(34)25-24-29-27-30(36-2)33(35)31(28-29)37-3/h23-28,35H,4-22H2,1-3H3/b25-24+,26-23?. The lowest BCUT2D eigenvalue weighted by atomic mass is 10.0. The van der Waals surface area contributed by atoms with Crippen LogP contribution in [0.25, 0.3) is 6.08 Å². The van der Waals surface area contributed by atoms with Crippen LogP contribution in [0, 0.1) is 0 Å². The van der Waals surface area contributed by atoms with Crippen LogP contribution in [0.1, 0.15) is 134 Å². The van der Waals surface area contributed by atoms with Gasteiger partial charge in [0.25, 0.3) is 0 Å². The number of methoxy groups -OCH3 is 2. The zero-order chi connectivity index (χ0) is 27.7. The minimum atomic E-state index is -0.454. The molecule has 0 radical (unpaired) electrons. The molecule has 0 spiro atoms. The molecule has 0 fully saturated rings. The van der Waals surface area contributed by atoms with E-state index in [-0.39, 0.29) is 17.2 Å². The van der Waals surface area contributed by atoms with Gasteiger partial charge in [-0.15, -0.1) is 0 Å². The predicted octanol–water partition coefficient (Wildman–Crippen LogP) is 9.91. The Labute approximate surface area is 232 Å². The van der Waals surface area contributed by atoms with Gasteiger partial charge in [0.05, 0.1) is 20.5 Å². The first kappa shape index (κ1) is 33.6. The molecule has 0 saturated heterocycles. The summed E-state index contributed by atoms with van der Waals surface area (Å²) < 4.78 is 15.4. The number of phenolic OH excluding ortho intramolecular Hbond substituents is 1. The van der Waals surface area contributed by atoms with Gasteiger partial charge in [0.1, 0.15) is 0 Å². The number of hydrogen-bond acceptors (Lipinski definition) is 5. The minimum absolute atomic E-state index is 0.0720. The van der Waals surface area contributed by atoms with Gasteiger partial charge in [-0.3, -0.25) is 0 Å². The fourth-order valence-electron chi connectivity index (χ4n) is 4.56. The summed E-state index contributed by atoms with van der Waals surface area (Å²) in [4.78, 5) is 11.9. The summed E-state index contributed by atoms with van der Waals surface area (Å²) in [5, 5.41) is 9.95. The Balaban J connectivity index is 1.94. The zero-order valence-electron chi connectivity index (χ0n) is 24.5. The van der Waals surface area contributed by atoms with Crippen LogP contribution in [0.3, 0.4) is 0 Å². The molecule has 5 heteroatoms. The van der Waals surface area contributed by atoms with Crippen molar-refractivity contribution < 1.29 is 24.1 Å². The Morgan fingerprint density at radius 1 is 0.711 bits per heavy atom. The number of unbranched alkanes of at least 4 members (excludes halogenated alkanes) is 18. The van der Waals surface area contributed by atoms with Gasteiger partial charge < -0.3 is 19.3 Å². The van der Waals surface area contributed by atoms with Crippen LogP contribution in [0.5, 0.6) is 17.2 Å². The summed E-state index contributed by atoms with van der Waals surface area (Å²) in [6.45, 7) is 2.28. The van der Waals surface area contributed by atoms with Crippen molar-refractivity contribution in [3.63, 3.8) is 0 Å². The highest BCUT2D eigenvalue weighted by atomic mass is 16.5. The van der Waals surface area contributed by atoms with Crippen molar-refractivity contribution in [3.05, 3.63) is 36.1 Å². The van der Waals surface area contributed by atoms with Gasteiger partial charge in [0.15, 0.2) is 11.5 Å². The van der Waals surface area contributed by atoms with Crippen molar-refractivity contribution in [3.8, 4) is 17.2 Å². The third kappa shape index (κ3) is 17.1. The van der Waals surface area contributed by atoms with E-state index in [1.807, 2.05) is 6.08 Å². The number of carbonyl (C=O) groups excluding carboxylic acids is 1. The van der Waals surface area contributed by atoms with E-state index in [9.17, 15) is 9.90 Å². The van der Waals surface area contributed by atoms with Crippen molar-refractivity contribution >= 4 is 12.0 Å². The maximum Gasteiger partial charge on any atom is 0.335 e. The predicted molar refractivity (Wildman–Crippen MR) is 159 cm³/mol. The third-order valence-electron chi connectivity index (χ3n) is 6.92. The second kappa shape index (κ2) is 23.7. The average molecular weight is 531 g/mol. The van der Waals surface area contributed by atoms with Crippen LogP contribution >= 0.6 is 0 Å². The molecule has 0 atom stereocenters. The lowest BCUT2D eigenvalue weighted by Crippen LogP contribution is -1.94. The normalized spacial score (nSPS) is 11.4. The average Bonchev–Trinajstić information content (AvgIpc) is 2.93. The molecule has 0 saturated carbocycles. The number of phenols is 1. The molecule has 0 aromatic heterocycles. The van der Waals surface area contributed by atoms with Gasteiger partial charge in [-0.2, -0.15) is 0 Å². The van der Waals surface area contributed by atoms with Crippen molar-refractivity contribution in [1.29, 1.82) is 0 Å². The molecule has 216 valence electrons. The van der Waals surface area contributed by atoms with E-state index in [1.165, 1.54) is 136 Å². The number of hydrogen-bond donors (Lipinski definition) is 1. The first-order valence-electron chi connectivity index (χ1n) is 15.1. The minimum Gasteiger partial charge on any atom is -0.502 e. The fourth-order valence-corrected chi connectivity index (χ4v) is 4.56. The van der Waals surface area contributed by atoms with Gasteiger partial charge in [0, 0.05) is 6.08 Å². The summed E-state index contributed by atoms with van der Waals surface area (Å²) >= 11 is 0. The quantitative estimate of drug-likeness (QED) is 0.0623. The van der Waals surface area contributed by atoms with Crippen molar-refractivity contribution in [2.24, 2.45) is 0 Å². The van der Waals surface area contributed by atoms with Gasteiger partial charge in [-0.1, -0.05) is 116 Å². The second-order valence-electron chi connectivity index (χ2n) is 10.2. The molecule has 0 heterocycles. The number of rotatable bonds is 24. The lowest BCUT2D eigenvalue weighted by molar-refractivity contribution is -0.132. The zero-order valence-corrected chi connectivity index (χ0v) is 24.5. The summed E-state index contributed by atoms with van der Waals surface area (Å²) in [7, 11) is 2.92. The number of allylic oxidation sites excluding steroid dienone is 1. The third-order valence-corrected chi connectivity index (χ3v) is 6.92. The molecule has 0 bridgehead atoms. The van der Waals surface area contributed by atoms with Gasteiger partial charge in [0.2, 0.25) is 5.75 Å². The SMILES string of the molecule is CCCCCCCCCCCCCCCCCCCCC=COC(=O)/C=C/c1cc(OC)c(O)c(OC)c1. The molecule has 0 aliphatic rings. The Hall–Kier alpha value is -2.43. The second-order valence-corrected chi connectivity index (χ2v) is 10.2. The highest BCUT2D eigenvalue weighted by molar-refractivity contribution is 5.87. The number of benzene rings is 1. The van der Waals surface area contributed by atoms with Gasteiger partial charge in [-0.25, -0.2) is 4.79 Å². The molecule has 0 unspecified atom stereocenters. The van der Waals surface area contributed by atoms with Crippen molar-refractivity contribution in [1.82, 2.24) is 0 Å². The molecule has 0 aliphatic carbocycles. The molecule has 0 aliphatic heterocycles. The topological polar surface area (TPSA) is 65.0 Å². The Morgan fingerprint density at radius 2 is 1.13 bits per heavy atom. The summed E-state index contributed by atoms with van der Waals surface area (Å²) in [6, 6.07) is 3.24. The monoisotopic (exact) mass is 530 g/mol. The number of aromatic hydroxyl groups is 1. The van der Waals surface area contributed by atoms with E-state index in [0.717, 1.165) is 12.8 Å². The van der Waals surface area contributed by atoms with Crippen molar-refractivity contribution in [2.45, 2.75) is 129 Å². The van der Waals surface area contributed by atoms with E-state index in [4.69, 9.17) is 14.2 Å². The first-order valence-corrected chi connectivity index (χ1v) is 15.1. The van der Waals surface area contributed by atoms with Crippen LogP contribution < -0.4 is 9.47 Å². The Morgan fingerprint density at radius 3 is 1.55 bits per heavy atom. The summed E-state index contributed by atoms with van der Waals surface area (Å²) in [5.74, 6) is 0.0329. The van der Waals surface area contributed by atoms with Crippen LogP contribution in [-0.4, -0.2) is 25.3 Å². The van der Waals surface area contributed by atoms with Crippen LogP contribution in [-0.2, 0) is 9.53 Å². The molecular formula is C33H54O5. The van der Waals surface area contributed by atoms with E-state index in [0.29, 0.717) is 5.56 Å². The molecule has 1 aromatic carbocycles. The van der Waals surface area contributed by atoms with E-state index in [2.05, 4.69) is 6.92 Å². The van der Waals surface area contributed by atoms with E-state index < -0.39 is 5.97 Å². The number of carbonyl (C=O) groups is 1. The number of esters is 1.